The fraction of sp³-hybridized carbons (Fsp3) is 0.176. The first-order valence-electron chi connectivity index (χ1n) is 14.0. The fourth-order valence-electron chi connectivity index (χ4n) is 5.81. The Morgan fingerprint density at radius 1 is 0.907 bits per heavy atom. The molecule has 43 heavy (non-hydrogen) atoms. The lowest BCUT2D eigenvalue weighted by Crippen LogP contribution is -2.29. The van der Waals surface area contributed by atoms with Gasteiger partial charge in [0.1, 0.15) is 0 Å². The van der Waals surface area contributed by atoms with E-state index in [1.165, 1.54) is 40.2 Å². The molecule has 0 unspecified atom stereocenters. The normalized spacial score (nSPS) is 16.4. The number of benzene rings is 3. The van der Waals surface area contributed by atoms with Gasteiger partial charge in [0, 0.05) is 50.9 Å². The highest BCUT2D eigenvalue weighted by Crippen LogP contribution is 2.44. The summed E-state index contributed by atoms with van der Waals surface area (Å²) < 4.78 is 2.34. The van der Waals surface area contributed by atoms with Crippen molar-refractivity contribution in [1.82, 2.24) is 14.9 Å². The van der Waals surface area contributed by atoms with Gasteiger partial charge in [-0.3, -0.25) is 15.1 Å². The highest BCUT2D eigenvalue weighted by molar-refractivity contribution is 7.99. The molecule has 0 aliphatic carbocycles. The Bertz CT molecular complexity index is 1820. The number of nitrogens with zero attached hydrogens (tertiary/aromatic N) is 4. The van der Waals surface area contributed by atoms with Gasteiger partial charge in [-0.05, 0) is 117 Å². The highest BCUT2D eigenvalue weighted by Gasteiger charge is 2.42. The van der Waals surface area contributed by atoms with Gasteiger partial charge >= 0.3 is 0 Å². The van der Waals surface area contributed by atoms with E-state index in [-0.39, 0.29) is 22.7 Å². The second-order valence-corrected chi connectivity index (χ2v) is 12.3. The third-order valence-electron chi connectivity index (χ3n) is 7.89. The van der Waals surface area contributed by atoms with Crippen LogP contribution in [-0.4, -0.2) is 19.6 Å². The molecule has 1 aliphatic heterocycles. The van der Waals surface area contributed by atoms with Crippen LogP contribution in [0, 0.1) is 37.8 Å². The van der Waals surface area contributed by atoms with Crippen molar-refractivity contribution >= 4 is 40.5 Å². The van der Waals surface area contributed by atoms with E-state index in [1.807, 2.05) is 24.4 Å². The van der Waals surface area contributed by atoms with E-state index in [0.717, 1.165) is 26.9 Å². The van der Waals surface area contributed by atoms with Crippen LogP contribution < -0.4 is 10.2 Å². The van der Waals surface area contributed by atoms with Crippen molar-refractivity contribution in [2.45, 2.75) is 49.6 Å². The van der Waals surface area contributed by atoms with E-state index in [2.05, 4.69) is 91.0 Å². The van der Waals surface area contributed by atoms with Crippen LogP contribution in [0.5, 0.6) is 0 Å². The number of thiocarbonyl (C=S) groups is 1. The van der Waals surface area contributed by atoms with Crippen LogP contribution >= 0.6 is 24.0 Å². The number of rotatable bonds is 7. The SMILES string of the molecule is Cc1ccc(C)c(-n2c(C)cc([C@H]3[C@H](c4ccccn4)NC(=S)N3c3ccc(Sc4ccc([N+](=O)[O-])cc4)cc3)c2C)c1. The first kappa shape index (κ1) is 28.6. The number of nitro groups is 1. The lowest BCUT2D eigenvalue weighted by atomic mass is 9.96. The monoisotopic (exact) mass is 605 g/mol. The topological polar surface area (TPSA) is 76.2 Å². The summed E-state index contributed by atoms with van der Waals surface area (Å²) in [7, 11) is 0. The maximum atomic E-state index is 11.0. The van der Waals surface area contributed by atoms with Crippen molar-refractivity contribution in [2.24, 2.45) is 0 Å². The van der Waals surface area contributed by atoms with Crippen molar-refractivity contribution in [3.8, 4) is 5.69 Å². The maximum Gasteiger partial charge on any atom is 0.269 e. The van der Waals surface area contributed by atoms with Crippen LogP contribution in [0.4, 0.5) is 11.4 Å². The summed E-state index contributed by atoms with van der Waals surface area (Å²) in [5, 5.41) is 15.2. The largest absolute Gasteiger partial charge is 0.351 e. The third-order valence-corrected chi connectivity index (χ3v) is 9.22. The summed E-state index contributed by atoms with van der Waals surface area (Å²) in [5.74, 6) is 0. The number of non-ortho nitro benzene ring substituents is 1. The number of nitrogens with one attached hydrogen (secondary N) is 1. The molecule has 3 heterocycles. The van der Waals surface area contributed by atoms with E-state index >= 15 is 0 Å². The molecule has 0 amide bonds. The fourth-order valence-corrected chi connectivity index (χ4v) is 6.98. The number of pyridine rings is 1. The Morgan fingerprint density at radius 3 is 2.26 bits per heavy atom. The summed E-state index contributed by atoms with van der Waals surface area (Å²) in [5.41, 5.74) is 9.13. The van der Waals surface area contributed by atoms with Crippen LogP contribution in [0.25, 0.3) is 5.69 Å². The summed E-state index contributed by atoms with van der Waals surface area (Å²) >= 11 is 7.54. The van der Waals surface area contributed by atoms with Crippen molar-refractivity contribution in [1.29, 1.82) is 0 Å². The smallest absolute Gasteiger partial charge is 0.269 e. The first-order valence-corrected chi connectivity index (χ1v) is 15.2. The molecule has 0 radical (unpaired) electrons. The lowest BCUT2D eigenvalue weighted by molar-refractivity contribution is -0.384. The van der Waals surface area contributed by atoms with E-state index < -0.39 is 0 Å². The molecule has 7 nitrogen and oxygen atoms in total. The molecule has 2 aromatic heterocycles. The molecule has 2 atom stereocenters. The third kappa shape index (κ3) is 5.53. The average molecular weight is 606 g/mol. The molecular formula is C34H31N5O2S2. The van der Waals surface area contributed by atoms with Gasteiger partial charge in [-0.2, -0.15) is 0 Å². The maximum absolute atomic E-state index is 11.0. The van der Waals surface area contributed by atoms with Gasteiger partial charge in [0.2, 0.25) is 0 Å². The quantitative estimate of drug-likeness (QED) is 0.114. The molecular weight excluding hydrogens is 575 g/mol. The zero-order valence-electron chi connectivity index (χ0n) is 24.3. The summed E-state index contributed by atoms with van der Waals surface area (Å²) in [6, 6.07) is 29.5. The number of nitro benzene ring substituents is 1. The minimum atomic E-state index is -0.385. The van der Waals surface area contributed by atoms with Crippen LogP contribution in [-0.2, 0) is 0 Å². The molecule has 9 heteroatoms. The van der Waals surface area contributed by atoms with Crippen molar-refractivity contribution < 1.29 is 4.92 Å². The number of hydrogen-bond donors (Lipinski definition) is 1. The lowest BCUT2D eigenvalue weighted by Gasteiger charge is -2.28. The Hall–Kier alpha value is -4.47. The Labute approximate surface area is 260 Å². The molecule has 1 fully saturated rings. The number of anilines is 1. The summed E-state index contributed by atoms with van der Waals surface area (Å²) in [6.07, 6.45) is 1.82. The molecule has 1 saturated heterocycles. The Morgan fingerprint density at radius 2 is 1.60 bits per heavy atom. The average Bonchev–Trinajstić information content (AvgIpc) is 3.50. The van der Waals surface area contributed by atoms with Crippen molar-refractivity contribution in [3.63, 3.8) is 0 Å². The number of hydrogen-bond acceptors (Lipinski definition) is 5. The van der Waals surface area contributed by atoms with E-state index in [0.29, 0.717) is 5.11 Å². The van der Waals surface area contributed by atoms with Gasteiger partial charge in [-0.25, -0.2) is 0 Å². The molecule has 6 rings (SSSR count). The summed E-state index contributed by atoms with van der Waals surface area (Å²) in [4.78, 5) is 19.5. The molecule has 0 saturated carbocycles. The Balaban J connectivity index is 1.39. The van der Waals surface area contributed by atoms with Crippen molar-refractivity contribution in [3.05, 3.63) is 141 Å². The molecule has 0 bridgehead atoms. The van der Waals surface area contributed by atoms with Crippen LogP contribution in [0.15, 0.2) is 107 Å². The molecule has 1 N–H and O–H groups in total. The minimum Gasteiger partial charge on any atom is -0.351 e. The number of aryl methyl sites for hydroxylation is 3. The van der Waals surface area contributed by atoms with Gasteiger partial charge in [0.25, 0.3) is 5.69 Å². The van der Waals surface area contributed by atoms with Crippen molar-refractivity contribution in [2.75, 3.05) is 4.90 Å². The van der Waals surface area contributed by atoms with Gasteiger partial charge < -0.3 is 14.8 Å². The second-order valence-electron chi connectivity index (χ2n) is 10.8. The van der Waals surface area contributed by atoms with Crippen LogP contribution in [0.2, 0.25) is 0 Å². The highest BCUT2D eigenvalue weighted by atomic mass is 32.2. The van der Waals surface area contributed by atoms with Gasteiger partial charge in [0.15, 0.2) is 5.11 Å². The molecule has 1 aliphatic rings. The van der Waals surface area contributed by atoms with Crippen LogP contribution in [0.3, 0.4) is 0 Å². The predicted molar refractivity (Wildman–Crippen MR) is 176 cm³/mol. The number of aromatic nitrogens is 2. The second kappa shape index (κ2) is 11.7. The first-order chi connectivity index (χ1) is 20.7. The minimum absolute atomic E-state index is 0.0835. The van der Waals surface area contributed by atoms with Gasteiger partial charge in [0.05, 0.1) is 22.7 Å². The zero-order chi connectivity index (χ0) is 30.2. The summed E-state index contributed by atoms with van der Waals surface area (Å²) in [6.45, 7) is 8.62. The van der Waals surface area contributed by atoms with Crippen LogP contribution in [0.1, 0.15) is 45.9 Å². The molecule has 0 spiro atoms. The molecule has 216 valence electrons. The van der Waals surface area contributed by atoms with Gasteiger partial charge in [-0.15, -0.1) is 0 Å². The Kier molecular flexibility index (Phi) is 7.77. The van der Waals surface area contributed by atoms with Gasteiger partial charge in [-0.1, -0.05) is 30.0 Å². The van der Waals surface area contributed by atoms with E-state index in [4.69, 9.17) is 17.2 Å². The van der Waals surface area contributed by atoms with E-state index in [1.54, 1.807) is 23.9 Å². The predicted octanol–water partition coefficient (Wildman–Crippen LogP) is 8.34. The molecule has 3 aromatic carbocycles. The molecule has 5 aromatic rings. The zero-order valence-corrected chi connectivity index (χ0v) is 25.9. The van der Waals surface area contributed by atoms with E-state index in [9.17, 15) is 10.1 Å². The standard InChI is InChI=1S/C34H31N5O2S2/c1-21-8-9-22(2)31(19-21)37-23(3)20-29(24(37)4)33-32(30-7-5-6-18-35-30)36-34(42)38(33)25-10-14-27(15-11-25)43-28-16-12-26(13-17-28)39(40)41/h5-20,32-33H,1-4H3,(H,36,42)/t32-,33-/m0/s1.